The number of likely N-dealkylation sites (N-methyl/N-ethyl adjacent to an activating group) is 1. The normalized spacial score (nSPS) is 19.9. The SMILES string of the molecule is C[N+](CCO)(CCCN1CC2=C(C1=O)[C@@H](c1ccc(N)cc1)NC(=O)N2c1cccc(C(F)(F)F)c1)CCN1CC2=C(C1=O)[C@@H](c1ccc(N)cc1)NC(=O)N2c1cccc(C(F)(F)F)c1. The molecule has 0 spiro atoms. The van der Waals surface area contributed by atoms with Crippen LogP contribution in [0.25, 0.3) is 0 Å². The Morgan fingerprint density at radius 1 is 0.621 bits per heavy atom. The second-order valence-electron chi connectivity index (χ2n) is 16.9. The van der Waals surface area contributed by atoms with Gasteiger partial charge in [-0.3, -0.25) is 19.4 Å². The molecule has 4 aliphatic heterocycles. The van der Waals surface area contributed by atoms with E-state index in [0.29, 0.717) is 35.5 Å². The second-order valence-corrected chi connectivity index (χ2v) is 16.9. The van der Waals surface area contributed by atoms with E-state index in [1.165, 1.54) is 34.1 Å². The largest absolute Gasteiger partial charge is 0.416 e. The molecule has 0 saturated carbocycles. The van der Waals surface area contributed by atoms with Gasteiger partial charge in [0.25, 0.3) is 11.8 Å². The van der Waals surface area contributed by atoms with E-state index in [0.717, 1.165) is 34.1 Å². The van der Waals surface area contributed by atoms with Crippen molar-refractivity contribution in [1.82, 2.24) is 20.4 Å². The summed E-state index contributed by atoms with van der Waals surface area (Å²) >= 11 is 0. The van der Waals surface area contributed by atoms with Gasteiger partial charge in [0.2, 0.25) is 0 Å². The summed E-state index contributed by atoms with van der Waals surface area (Å²) in [6.45, 7) is 0.751. The number of alkyl halides is 6. The van der Waals surface area contributed by atoms with Crippen molar-refractivity contribution in [3.8, 4) is 0 Å². The lowest BCUT2D eigenvalue weighted by Crippen LogP contribution is -2.52. The van der Waals surface area contributed by atoms with Crippen LogP contribution in [0, 0.1) is 0 Å². The molecule has 4 aliphatic rings. The number of nitrogens with two attached hydrogens (primary N) is 2. The molecule has 66 heavy (non-hydrogen) atoms. The van der Waals surface area contributed by atoms with Gasteiger partial charge in [0.15, 0.2) is 0 Å². The van der Waals surface area contributed by atoms with Crippen molar-refractivity contribution >= 4 is 46.6 Å². The molecular formula is C46H46F6N9O5+. The van der Waals surface area contributed by atoms with Crippen LogP contribution in [0.1, 0.15) is 40.8 Å². The van der Waals surface area contributed by atoms with Crippen LogP contribution in [0.3, 0.4) is 0 Å². The highest BCUT2D eigenvalue weighted by Gasteiger charge is 2.47. The van der Waals surface area contributed by atoms with Gasteiger partial charge in [-0.25, -0.2) is 9.59 Å². The molecule has 8 rings (SSSR count). The Morgan fingerprint density at radius 3 is 1.45 bits per heavy atom. The Morgan fingerprint density at radius 2 is 1.05 bits per heavy atom. The highest BCUT2D eigenvalue weighted by molar-refractivity contribution is 6.08. The predicted octanol–water partition coefficient (Wildman–Crippen LogP) is 6.15. The zero-order valence-corrected chi connectivity index (χ0v) is 35.5. The molecule has 4 aromatic carbocycles. The van der Waals surface area contributed by atoms with Crippen molar-refractivity contribution in [2.45, 2.75) is 30.9 Å². The first-order chi connectivity index (χ1) is 31.3. The number of urea groups is 2. The molecule has 346 valence electrons. The second kappa shape index (κ2) is 17.4. The fourth-order valence-electron chi connectivity index (χ4n) is 9.00. The van der Waals surface area contributed by atoms with E-state index in [9.17, 15) is 50.6 Å². The minimum absolute atomic E-state index is 0.0714. The number of hydrogen-bond acceptors (Lipinski definition) is 7. The average Bonchev–Trinajstić information content (AvgIpc) is 3.77. The summed E-state index contributed by atoms with van der Waals surface area (Å²) in [5.74, 6) is -0.869. The maximum absolute atomic E-state index is 14.4. The summed E-state index contributed by atoms with van der Waals surface area (Å²) in [7, 11) is 1.87. The first-order valence-corrected chi connectivity index (χ1v) is 21.0. The number of nitrogens with zero attached hydrogens (tertiary/aromatic N) is 5. The van der Waals surface area contributed by atoms with Crippen molar-refractivity contribution in [2.24, 2.45) is 0 Å². The molecule has 0 radical (unpaired) electrons. The van der Waals surface area contributed by atoms with E-state index >= 15 is 0 Å². The molecular weight excluding hydrogens is 873 g/mol. The number of nitrogen functional groups attached to an aromatic ring is 2. The number of anilines is 4. The van der Waals surface area contributed by atoms with E-state index in [1.807, 2.05) is 7.05 Å². The molecule has 0 bridgehead atoms. The number of rotatable bonds is 13. The smallest absolute Gasteiger partial charge is 0.399 e. The summed E-state index contributed by atoms with van der Waals surface area (Å²) in [5, 5.41) is 15.8. The lowest BCUT2D eigenvalue weighted by molar-refractivity contribution is -0.909. The van der Waals surface area contributed by atoms with Gasteiger partial charge in [-0.2, -0.15) is 26.3 Å². The van der Waals surface area contributed by atoms with Gasteiger partial charge in [-0.1, -0.05) is 36.4 Å². The Kier molecular flexibility index (Phi) is 12.0. The standard InChI is InChI=1S/C46H45F6N9O5/c1-61(21-22-62,20-18-58-26-36-38(42(58)64)40(28-11-15-32(54)16-12-28)56-44(66)60(36)34-8-3-6-30(24-34)46(50,51)52)19-4-17-57-25-35-37(41(57)63)39(27-9-13-31(53)14-10-27)55-43(65)59(35)33-7-2-5-29(23-33)45(47,48)49/h2-3,5-16,23-24,39-40,62H,4,17-22,25-26,53-54H2,1H3,(H-,55,56,65,66)/p+1/t39-,40-,61?/m1/s1. The molecule has 14 nitrogen and oxygen atoms in total. The van der Waals surface area contributed by atoms with Crippen LogP contribution in [0.4, 0.5) is 58.7 Å². The quantitative estimate of drug-likeness (QED) is 0.0607. The van der Waals surface area contributed by atoms with Crippen molar-refractivity contribution in [3.63, 3.8) is 0 Å². The predicted molar refractivity (Wildman–Crippen MR) is 232 cm³/mol. The van der Waals surface area contributed by atoms with Crippen LogP contribution < -0.4 is 31.9 Å². The minimum Gasteiger partial charge on any atom is -0.399 e. The number of aliphatic hydroxyl groups is 1. The number of halogens is 6. The van der Waals surface area contributed by atoms with Gasteiger partial charge < -0.3 is 41.5 Å². The van der Waals surface area contributed by atoms with E-state index in [4.69, 9.17) is 11.5 Å². The Bertz CT molecular complexity index is 2640. The van der Waals surface area contributed by atoms with Gasteiger partial charge in [-0.15, -0.1) is 0 Å². The highest BCUT2D eigenvalue weighted by Crippen LogP contribution is 2.42. The number of quaternary nitrogens is 1. The number of amides is 6. The Hall–Kier alpha value is -7.06. The lowest BCUT2D eigenvalue weighted by Gasteiger charge is -2.36. The summed E-state index contributed by atoms with van der Waals surface area (Å²) in [6.07, 6.45) is -9.02. The van der Waals surface area contributed by atoms with E-state index in [-0.39, 0.29) is 84.3 Å². The molecule has 1 unspecified atom stereocenters. The summed E-state index contributed by atoms with van der Waals surface area (Å²) in [6, 6.07) is 18.3. The highest BCUT2D eigenvalue weighted by atomic mass is 19.4. The summed E-state index contributed by atoms with van der Waals surface area (Å²) in [5.41, 5.74) is 12.5. The number of nitrogens with one attached hydrogen (secondary N) is 2. The third-order valence-corrected chi connectivity index (χ3v) is 12.5. The Labute approximate surface area is 374 Å². The van der Waals surface area contributed by atoms with Gasteiger partial charge in [-0.05, 0) is 71.8 Å². The van der Waals surface area contributed by atoms with Gasteiger partial charge in [0.05, 0.1) is 104 Å². The number of hydrogen-bond donors (Lipinski definition) is 5. The molecule has 0 aromatic heterocycles. The van der Waals surface area contributed by atoms with E-state index in [2.05, 4.69) is 10.6 Å². The van der Waals surface area contributed by atoms with Crippen LogP contribution in [0.5, 0.6) is 0 Å². The van der Waals surface area contributed by atoms with Crippen LogP contribution in [0.2, 0.25) is 0 Å². The zero-order valence-electron chi connectivity index (χ0n) is 35.5. The number of aliphatic hydroxyl groups excluding tert-OH is 1. The van der Waals surface area contributed by atoms with Crippen molar-refractivity contribution < 1.29 is 55.1 Å². The monoisotopic (exact) mass is 918 g/mol. The molecule has 6 amide bonds. The average molecular weight is 919 g/mol. The molecule has 0 fully saturated rings. The molecule has 4 aromatic rings. The molecule has 20 heteroatoms. The van der Waals surface area contributed by atoms with Crippen molar-refractivity contribution in [3.05, 3.63) is 142 Å². The first kappa shape index (κ1) is 45.5. The molecule has 4 heterocycles. The van der Waals surface area contributed by atoms with Gasteiger partial charge in [0.1, 0.15) is 6.54 Å². The lowest BCUT2D eigenvalue weighted by atomic mass is 9.95. The van der Waals surface area contributed by atoms with E-state index < -0.39 is 59.4 Å². The third-order valence-electron chi connectivity index (χ3n) is 12.5. The van der Waals surface area contributed by atoms with Crippen molar-refractivity contribution in [2.75, 3.05) is 80.7 Å². The molecule has 3 atom stereocenters. The summed E-state index contributed by atoms with van der Waals surface area (Å²) < 4.78 is 83.0. The first-order valence-electron chi connectivity index (χ1n) is 21.0. The number of carbonyl (C=O) groups excluding carboxylic acids is 4. The molecule has 0 saturated heterocycles. The minimum atomic E-state index is -4.69. The zero-order chi connectivity index (χ0) is 47.3. The van der Waals surface area contributed by atoms with Crippen LogP contribution in [-0.4, -0.2) is 103 Å². The van der Waals surface area contributed by atoms with Gasteiger partial charge >= 0.3 is 24.4 Å². The van der Waals surface area contributed by atoms with Crippen LogP contribution in [-0.2, 0) is 21.9 Å². The maximum atomic E-state index is 14.4. The summed E-state index contributed by atoms with van der Waals surface area (Å²) in [4.78, 5) is 61.4. The van der Waals surface area contributed by atoms with E-state index in [1.54, 1.807) is 48.5 Å². The number of carbonyl (C=O) groups is 4. The van der Waals surface area contributed by atoms with Crippen LogP contribution >= 0.6 is 0 Å². The third kappa shape index (κ3) is 8.84. The molecule has 7 N–H and O–H groups in total. The Balaban J connectivity index is 1.00. The number of benzene rings is 4. The van der Waals surface area contributed by atoms with Gasteiger partial charge in [0, 0.05) is 24.3 Å². The molecule has 0 aliphatic carbocycles. The fourth-order valence-corrected chi connectivity index (χ4v) is 9.00. The topological polar surface area (TPSA) is 178 Å². The maximum Gasteiger partial charge on any atom is 0.416 e. The van der Waals surface area contributed by atoms with Crippen LogP contribution in [0.15, 0.2) is 120 Å². The van der Waals surface area contributed by atoms with Crippen molar-refractivity contribution in [1.29, 1.82) is 0 Å². The fraction of sp³-hybridized carbons (Fsp3) is 0.304.